The number of nitrogens with zero attached hydrogens (tertiary/aromatic N) is 1. The van der Waals surface area contributed by atoms with Crippen LogP contribution in [0.15, 0.2) is 0 Å². The van der Waals surface area contributed by atoms with Gasteiger partial charge in [-0.15, -0.1) is 0 Å². The molecular formula is C18H31N3O3. The normalized spacial score (nSPS) is 24.8. The van der Waals surface area contributed by atoms with Gasteiger partial charge in [-0.05, 0) is 57.5 Å². The minimum atomic E-state index is -0.464. The van der Waals surface area contributed by atoms with E-state index >= 15 is 0 Å². The topological polar surface area (TPSA) is 70.7 Å². The molecule has 0 atom stereocenters. The molecule has 0 bridgehead atoms. The zero-order chi connectivity index (χ0) is 16.8. The van der Waals surface area contributed by atoms with Crippen LogP contribution in [0.5, 0.6) is 0 Å². The molecule has 6 heteroatoms. The van der Waals surface area contributed by atoms with E-state index in [0.29, 0.717) is 18.5 Å². The Kier molecular flexibility index (Phi) is 6.49. The fraction of sp³-hybridized carbons (Fsp3) is 0.889. The summed E-state index contributed by atoms with van der Waals surface area (Å²) in [6.07, 6.45) is 8.79. The van der Waals surface area contributed by atoms with E-state index in [4.69, 9.17) is 4.74 Å². The molecule has 136 valence electrons. The van der Waals surface area contributed by atoms with E-state index in [2.05, 4.69) is 15.5 Å². The Bertz CT molecular complexity index is 423. The molecule has 0 unspecified atom stereocenters. The molecule has 0 spiro atoms. The van der Waals surface area contributed by atoms with Crippen molar-refractivity contribution in [1.82, 2.24) is 15.5 Å². The molecule has 0 aromatic heterocycles. The SMILES string of the molecule is O=C(NCC1CCN(C2CCOCC2)CC1)C(=O)NC1CCCC1. The van der Waals surface area contributed by atoms with Crippen LogP contribution in [0, 0.1) is 5.92 Å². The third-order valence-electron chi connectivity index (χ3n) is 5.80. The Morgan fingerprint density at radius 2 is 1.58 bits per heavy atom. The van der Waals surface area contributed by atoms with Crippen LogP contribution in [0.2, 0.25) is 0 Å². The lowest BCUT2D eigenvalue weighted by Gasteiger charge is -2.39. The van der Waals surface area contributed by atoms with Gasteiger partial charge in [-0.2, -0.15) is 0 Å². The predicted octanol–water partition coefficient (Wildman–Crippen LogP) is 1.05. The van der Waals surface area contributed by atoms with Crippen LogP contribution in [0.4, 0.5) is 0 Å². The van der Waals surface area contributed by atoms with Crippen molar-refractivity contribution in [3.8, 4) is 0 Å². The third kappa shape index (κ3) is 4.93. The Morgan fingerprint density at radius 3 is 2.25 bits per heavy atom. The van der Waals surface area contributed by atoms with Crippen LogP contribution < -0.4 is 10.6 Å². The predicted molar refractivity (Wildman–Crippen MR) is 91.5 cm³/mol. The zero-order valence-electron chi connectivity index (χ0n) is 14.6. The van der Waals surface area contributed by atoms with Gasteiger partial charge in [-0.1, -0.05) is 12.8 Å². The largest absolute Gasteiger partial charge is 0.381 e. The molecule has 6 nitrogen and oxygen atoms in total. The minimum Gasteiger partial charge on any atom is -0.381 e. The zero-order valence-corrected chi connectivity index (χ0v) is 14.6. The van der Waals surface area contributed by atoms with Crippen molar-refractivity contribution in [3.63, 3.8) is 0 Å². The first-order valence-electron chi connectivity index (χ1n) is 9.63. The summed E-state index contributed by atoms with van der Waals surface area (Å²) in [6.45, 7) is 4.59. The Labute approximate surface area is 144 Å². The van der Waals surface area contributed by atoms with Gasteiger partial charge in [-0.25, -0.2) is 0 Å². The minimum absolute atomic E-state index is 0.200. The van der Waals surface area contributed by atoms with E-state index in [-0.39, 0.29) is 6.04 Å². The molecule has 2 saturated heterocycles. The van der Waals surface area contributed by atoms with Crippen LogP contribution >= 0.6 is 0 Å². The lowest BCUT2D eigenvalue weighted by Crippen LogP contribution is -2.48. The highest BCUT2D eigenvalue weighted by Crippen LogP contribution is 2.22. The van der Waals surface area contributed by atoms with Crippen LogP contribution in [0.1, 0.15) is 51.4 Å². The van der Waals surface area contributed by atoms with Crippen LogP contribution in [-0.4, -0.2) is 61.6 Å². The monoisotopic (exact) mass is 337 g/mol. The molecule has 3 rings (SSSR count). The summed E-state index contributed by atoms with van der Waals surface area (Å²) in [6, 6.07) is 0.873. The molecular weight excluding hydrogens is 306 g/mol. The first-order chi connectivity index (χ1) is 11.7. The molecule has 2 N–H and O–H groups in total. The van der Waals surface area contributed by atoms with E-state index in [9.17, 15) is 9.59 Å². The number of ether oxygens (including phenoxy) is 1. The summed E-state index contributed by atoms with van der Waals surface area (Å²) >= 11 is 0. The summed E-state index contributed by atoms with van der Waals surface area (Å²) in [4.78, 5) is 26.4. The van der Waals surface area contributed by atoms with Gasteiger partial charge in [0.15, 0.2) is 0 Å². The first-order valence-corrected chi connectivity index (χ1v) is 9.63. The summed E-state index contributed by atoms with van der Waals surface area (Å²) < 4.78 is 5.43. The molecule has 0 aromatic rings. The second-order valence-electron chi connectivity index (χ2n) is 7.49. The van der Waals surface area contributed by atoms with E-state index in [0.717, 1.165) is 77.7 Å². The number of hydrogen-bond donors (Lipinski definition) is 2. The number of nitrogens with one attached hydrogen (secondary N) is 2. The van der Waals surface area contributed by atoms with Gasteiger partial charge in [0.25, 0.3) is 0 Å². The summed E-state index contributed by atoms with van der Waals surface area (Å²) in [5, 5.41) is 5.68. The fourth-order valence-corrected chi connectivity index (χ4v) is 4.21. The highest BCUT2D eigenvalue weighted by Gasteiger charge is 2.27. The van der Waals surface area contributed by atoms with Gasteiger partial charge >= 0.3 is 11.8 Å². The molecule has 2 aliphatic heterocycles. The molecule has 2 amide bonds. The maximum atomic E-state index is 11.9. The van der Waals surface area contributed by atoms with Gasteiger partial charge < -0.3 is 20.3 Å². The van der Waals surface area contributed by atoms with Gasteiger partial charge in [0.05, 0.1) is 0 Å². The average molecular weight is 337 g/mol. The number of piperidine rings is 1. The molecule has 24 heavy (non-hydrogen) atoms. The summed E-state index contributed by atoms with van der Waals surface area (Å²) in [5.41, 5.74) is 0. The number of amides is 2. The van der Waals surface area contributed by atoms with Gasteiger partial charge in [-0.3, -0.25) is 9.59 Å². The number of carbonyl (C=O) groups excluding carboxylic acids is 2. The maximum absolute atomic E-state index is 11.9. The van der Waals surface area contributed by atoms with Gasteiger partial charge in [0.1, 0.15) is 0 Å². The van der Waals surface area contributed by atoms with E-state index in [1.807, 2.05) is 0 Å². The second-order valence-corrected chi connectivity index (χ2v) is 7.49. The van der Waals surface area contributed by atoms with E-state index in [1.165, 1.54) is 0 Å². The molecule has 0 radical (unpaired) electrons. The summed E-state index contributed by atoms with van der Waals surface area (Å²) in [5.74, 6) is -0.431. The standard InChI is InChI=1S/C18H31N3O3/c22-17(18(23)20-15-3-1-2-4-15)19-13-14-5-9-21(10-6-14)16-7-11-24-12-8-16/h14-16H,1-13H2,(H,19,22)(H,20,23). The number of likely N-dealkylation sites (tertiary alicyclic amines) is 1. The molecule has 2 heterocycles. The van der Waals surface area contributed by atoms with Gasteiger partial charge in [0.2, 0.25) is 0 Å². The second kappa shape index (κ2) is 8.81. The fourth-order valence-electron chi connectivity index (χ4n) is 4.21. The number of hydrogen-bond acceptors (Lipinski definition) is 4. The van der Waals surface area contributed by atoms with E-state index < -0.39 is 11.8 Å². The molecule has 3 fully saturated rings. The van der Waals surface area contributed by atoms with Crippen LogP contribution in [0.3, 0.4) is 0 Å². The Morgan fingerprint density at radius 1 is 0.917 bits per heavy atom. The molecule has 1 saturated carbocycles. The molecule has 1 aliphatic carbocycles. The van der Waals surface area contributed by atoms with Crippen molar-refractivity contribution in [1.29, 1.82) is 0 Å². The quantitative estimate of drug-likeness (QED) is 0.753. The van der Waals surface area contributed by atoms with Crippen LogP contribution in [0.25, 0.3) is 0 Å². The average Bonchev–Trinajstić information content (AvgIpc) is 3.14. The highest BCUT2D eigenvalue weighted by atomic mass is 16.5. The lowest BCUT2D eigenvalue weighted by molar-refractivity contribution is -0.139. The van der Waals surface area contributed by atoms with Crippen LogP contribution in [-0.2, 0) is 14.3 Å². The summed E-state index contributed by atoms with van der Waals surface area (Å²) in [7, 11) is 0. The third-order valence-corrected chi connectivity index (χ3v) is 5.80. The molecule has 0 aromatic carbocycles. The van der Waals surface area contributed by atoms with Crippen molar-refractivity contribution in [3.05, 3.63) is 0 Å². The van der Waals surface area contributed by atoms with Crippen molar-refractivity contribution in [2.45, 2.75) is 63.5 Å². The Hall–Kier alpha value is -1.14. The number of carbonyl (C=O) groups is 2. The first kappa shape index (κ1) is 17.7. The van der Waals surface area contributed by atoms with Crippen molar-refractivity contribution in [2.75, 3.05) is 32.8 Å². The maximum Gasteiger partial charge on any atom is 0.309 e. The van der Waals surface area contributed by atoms with Gasteiger partial charge in [0, 0.05) is 31.8 Å². The molecule has 3 aliphatic rings. The van der Waals surface area contributed by atoms with Crippen molar-refractivity contribution < 1.29 is 14.3 Å². The smallest absolute Gasteiger partial charge is 0.309 e. The highest BCUT2D eigenvalue weighted by molar-refractivity contribution is 6.35. The van der Waals surface area contributed by atoms with Crippen molar-refractivity contribution >= 4 is 11.8 Å². The Balaban J connectivity index is 1.32. The number of rotatable bonds is 4. The van der Waals surface area contributed by atoms with Crippen molar-refractivity contribution in [2.24, 2.45) is 5.92 Å². The van der Waals surface area contributed by atoms with E-state index in [1.54, 1.807) is 0 Å². The lowest BCUT2D eigenvalue weighted by atomic mass is 9.94.